The first kappa shape index (κ1) is 9.90. The minimum absolute atomic E-state index is 0.0928. The Morgan fingerprint density at radius 1 is 1.43 bits per heavy atom. The lowest BCUT2D eigenvalue weighted by Gasteiger charge is -2.06. The summed E-state index contributed by atoms with van der Waals surface area (Å²) >= 11 is 7.13. The molecular formula is C10H8ClFOS. The van der Waals surface area contributed by atoms with Gasteiger partial charge in [0.15, 0.2) is 0 Å². The van der Waals surface area contributed by atoms with Crippen molar-refractivity contribution in [1.29, 1.82) is 0 Å². The Morgan fingerprint density at radius 3 is 2.86 bits per heavy atom. The third kappa shape index (κ3) is 1.41. The van der Waals surface area contributed by atoms with Crippen LogP contribution in [-0.2, 0) is 12.5 Å². The second-order valence-electron chi connectivity index (χ2n) is 2.95. The highest BCUT2D eigenvalue weighted by Gasteiger charge is 2.12. The highest BCUT2D eigenvalue weighted by atomic mass is 35.5. The van der Waals surface area contributed by atoms with Gasteiger partial charge in [0.1, 0.15) is 5.82 Å². The average Bonchev–Trinajstić information content (AvgIpc) is 2.62. The number of hydrogen-bond acceptors (Lipinski definition) is 2. The topological polar surface area (TPSA) is 20.2 Å². The van der Waals surface area contributed by atoms with Crippen molar-refractivity contribution in [2.75, 3.05) is 0 Å². The molecule has 0 fully saturated rings. The molecule has 4 heteroatoms. The zero-order valence-electron chi connectivity index (χ0n) is 7.26. The standard InChI is InChI=1S/C10H8ClFOS/c11-4-7-8(5-13)10-6(1-2-14-10)3-9(7)12/h1-3,13H,4-5H2. The highest BCUT2D eigenvalue weighted by molar-refractivity contribution is 7.17. The van der Waals surface area contributed by atoms with Crippen LogP contribution >= 0.6 is 22.9 Å². The Bertz CT molecular complexity index is 466. The van der Waals surface area contributed by atoms with Crippen molar-refractivity contribution >= 4 is 33.0 Å². The highest BCUT2D eigenvalue weighted by Crippen LogP contribution is 2.30. The number of fused-ring (bicyclic) bond motifs is 1. The molecule has 0 atom stereocenters. The molecule has 14 heavy (non-hydrogen) atoms. The summed E-state index contributed by atoms with van der Waals surface area (Å²) in [6.07, 6.45) is 0. The van der Waals surface area contributed by atoms with Gasteiger partial charge < -0.3 is 5.11 Å². The van der Waals surface area contributed by atoms with Crippen molar-refractivity contribution in [2.24, 2.45) is 0 Å². The maximum Gasteiger partial charge on any atom is 0.128 e. The molecule has 0 spiro atoms. The number of aliphatic hydroxyl groups is 1. The monoisotopic (exact) mass is 230 g/mol. The van der Waals surface area contributed by atoms with Crippen LogP contribution in [0.15, 0.2) is 17.5 Å². The molecule has 0 unspecified atom stereocenters. The Morgan fingerprint density at radius 2 is 2.21 bits per heavy atom. The minimum atomic E-state index is -0.338. The van der Waals surface area contributed by atoms with E-state index in [0.717, 1.165) is 10.1 Å². The third-order valence-electron chi connectivity index (χ3n) is 2.20. The molecule has 1 nitrogen and oxygen atoms in total. The second-order valence-corrected chi connectivity index (χ2v) is 4.13. The van der Waals surface area contributed by atoms with E-state index in [4.69, 9.17) is 11.6 Å². The summed E-state index contributed by atoms with van der Waals surface area (Å²) < 4.78 is 14.4. The smallest absolute Gasteiger partial charge is 0.128 e. The molecule has 1 N–H and O–H groups in total. The van der Waals surface area contributed by atoms with Crippen molar-refractivity contribution < 1.29 is 9.50 Å². The van der Waals surface area contributed by atoms with Crippen molar-refractivity contribution in [3.05, 3.63) is 34.5 Å². The maximum absolute atomic E-state index is 13.5. The minimum Gasteiger partial charge on any atom is -0.392 e. The van der Waals surface area contributed by atoms with E-state index in [0.29, 0.717) is 11.1 Å². The van der Waals surface area contributed by atoms with Crippen LogP contribution in [0.2, 0.25) is 0 Å². The molecule has 0 aliphatic carbocycles. The van der Waals surface area contributed by atoms with Crippen LogP contribution in [0.3, 0.4) is 0 Å². The normalized spacial score (nSPS) is 11.1. The van der Waals surface area contributed by atoms with E-state index < -0.39 is 0 Å². The second kappa shape index (κ2) is 3.85. The predicted molar refractivity (Wildman–Crippen MR) is 57.3 cm³/mol. The number of alkyl halides is 1. The lowest BCUT2D eigenvalue weighted by atomic mass is 10.1. The van der Waals surface area contributed by atoms with E-state index in [2.05, 4.69) is 0 Å². The lowest BCUT2D eigenvalue weighted by molar-refractivity contribution is 0.282. The molecule has 2 rings (SSSR count). The van der Waals surface area contributed by atoms with Crippen LogP contribution in [-0.4, -0.2) is 5.11 Å². The largest absolute Gasteiger partial charge is 0.392 e. The van der Waals surface area contributed by atoms with Gasteiger partial charge in [-0.05, 0) is 22.9 Å². The van der Waals surface area contributed by atoms with Gasteiger partial charge in [-0.15, -0.1) is 22.9 Å². The van der Waals surface area contributed by atoms with E-state index in [9.17, 15) is 9.50 Å². The summed E-state index contributed by atoms with van der Waals surface area (Å²) in [5.41, 5.74) is 1.02. The van der Waals surface area contributed by atoms with E-state index in [1.54, 1.807) is 0 Å². The number of rotatable bonds is 2. The van der Waals surface area contributed by atoms with Gasteiger partial charge in [0.25, 0.3) is 0 Å². The first-order valence-electron chi connectivity index (χ1n) is 4.12. The first-order chi connectivity index (χ1) is 6.77. The van der Waals surface area contributed by atoms with Crippen molar-refractivity contribution in [3.63, 3.8) is 0 Å². The number of halogens is 2. The van der Waals surface area contributed by atoms with Gasteiger partial charge >= 0.3 is 0 Å². The van der Waals surface area contributed by atoms with Crippen LogP contribution in [0.5, 0.6) is 0 Å². The molecule has 0 aliphatic rings. The van der Waals surface area contributed by atoms with Crippen LogP contribution in [0.25, 0.3) is 10.1 Å². The number of benzene rings is 1. The fourth-order valence-corrected chi connectivity index (χ4v) is 2.73. The molecule has 0 radical (unpaired) electrons. The molecular weight excluding hydrogens is 223 g/mol. The Kier molecular flexibility index (Phi) is 2.72. The molecule has 74 valence electrons. The summed E-state index contributed by atoms with van der Waals surface area (Å²) in [4.78, 5) is 0. The Balaban J connectivity index is 2.82. The van der Waals surface area contributed by atoms with Gasteiger partial charge in [0, 0.05) is 15.8 Å². The molecule has 2 aromatic rings. The van der Waals surface area contributed by atoms with Crippen molar-refractivity contribution in [3.8, 4) is 0 Å². The molecule has 0 amide bonds. The first-order valence-corrected chi connectivity index (χ1v) is 5.53. The molecule has 0 saturated heterocycles. The zero-order chi connectivity index (χ0) is 10.1. The SMILES string of the molecule is OCc1c(CCl)c(F)cc2ccsc12. The average molecular weight is 231 g/mol. The predicted octanol–water partition coefficient (Wildman–Crippen LogP) is 3.27. The number of thiophene rings is 1. The van der Waals surface area contributed by atoms with Crippen molar-refractivity contribution in [2.45, 2.75) is 12.5 Å². The molecule has 0 bridgehead atoms. The van der Waals surface area contributed by atoms with Crippen LogP contribution in [0.1, 0.15) is 11.1 Å². The summed E-state index contributed by atoms with van der Waals surface area (Å²) in [6.45, 7) is -0.170. The van der Waals surface area contributed by atoms with Gasteiger partial charge in [0.2, 0.25) is 0 Å². The van der Waals surface area contributed by atoms with E-state index in [1.165, 1.54) is 17.4 Å². The molecule has 1 aromatic heterocycles. The summed E-state index contributed by atoms with van der Waals surface area (Å²) in [6, 6.07) is 3.29. The van der Waals surface area contributed by atoms with E-state index in [1.807, 2.05) is 11.4 Å². The Labute approximate surface area is 89.7 Å². The van der Waals surface area contributed by atoms with E-state index >= 15 is 0 Å². The van der Waals surface area contributed by atoms with Gasteiger partial charge in [-0.2, -0.15) is 0 Å². The van der Waals surface area contributed by atoms with Crippen molar-refractivity contribution in [1.82, 2.24) is 0 Å². The zero-order valence-corrected chi connectivity index (χ0v) is 8.83. The van der Waals surface area contributed by atoms with Crippen LogP contribution in [0, 0.1) is 5.82 Å². The lowest BCUT2D eigenvalue weighted by Crippen LogP contribution is -1.95. The maximum atomic E-state index is 13.5. The van der Waals surface area contributed by atoms with E-state index in [-0.39, 0.29) is 18.3 Å². The number of hydrogen-bond donors (Lipinski definition) is 1. The third-order valence-corrected chi connectivity index (χ3v) is 3.45. The molecule has 0 aliphatic heterocycles. The molecule has 0 saturated carbocycles. The summed E-state index contributed by atoms with van der Waals surface area (Å²) in [5.74, 6) is -0.245. The van der Waals surface area contributed by atoms with Crippen LogP contribution < -0.4 is 0 Å². The fourth-order valence-electron chi connectivity index (χ4n) is 1.49. The van der Waals surface area contributed by atoms with Gasteiger partial charge in [0.05, 0.1) is 12.5 Å². The fraction of sp³-hybridized carbons (Fsp3) is 0.200. The quantitative estimate of drug-likeness (QED) is 0.786. The Hall–Kier alpha value is -0.640. The molecule has 1 heterocycles. The van der Waals surface area contributed by atoms with Gasteiger partial charge in [-0.25, -0.2) is 4.39 Å². The summed E-state index contributed by atoms with van der Waals surface area (Å²) in [5, 5.41) is 11.9. The number of aliphatic hydroxyl groups excluding tert-OH is 1. The summed E-state index contributed by atoms with van der Waals surface area (Å²) in [7, 11) is 0. The van der Waals surface area contributed by atoms with Gasteiger partial charge in [-0.3, -0.25) is 0 Å². The van der Waals surface area contributed by atoms with Crippen LogP contribution in [0.4, 0.5) is 4.39 Å². The van der Waals surface area contributed by atoms with Gasteiger partial charge in [-0.1, -0.05) is 0 Å². The molecule has 1 aromatic carbocycles.